The van der Waals surface area contributed by atoms with Gasteiger partial charge in [0.2, 0.25) is 11.8 Å². The molecule has 1 N–H and O–H groups in total. The second kappa shape index (κ2) is 16.2. The summed E-state index contributed by atoms with van der Waals surface area (Å²) in [6, 6.07) is 26.1. The highest BCUT2D eigenvalue weighted by molar-refractivity contribution is 7.92. The van der Waals surface area contributed by atoms with Gasteiger partial charge in [0.05, 0.1) is 27.2 Å². The van der Waals surface area contributed by atoms with Crippen molar-refractivity contribution in [2.45, 2.75) is 57.6 Å². The number of aryl methyl sites for hydroxylation is 1. The molecule has 0 radical (unpaired) electrons. The molecule has 4 rings (SSSR count). The van der Waals surface area contributed by atoms with E-state index in [4.69, 9.17) is 27.9 Å². The minimum atomic E-state index is -4.23. The first-order valence-electron chi connectivity index (χ1n) is 15.3. The van der Waals surface area contributed by atoms with E-state index in [-0.39, 0.29) is 35.5 Å². The number of carbonyl (C=O) groups is 2. The fourth-order valence-corrected chi connectivity index (χ4v) is 6.75. The molecule has 0 heterocycles. The summed E-state index contributed by atoms with van der Waals surface area (Å²) in [5, 5.41) is 3.58. The molecule has 4 aromatic carbocycles. The van der Waals surface area contributed by atoms with Gasteiger partial charge in [-0.05, 0) is 87.4 Å². The zero-order valence-corrected chi connectivity index (χ0v) is 29.1. The summed E-state index contributed by atoms with van der Waals surface area (Å²) in [5.41, 5.74) is 2.61. The van der Waals surface area contributed by atoms with Crippen molar-refractivity contribution in [3.8, 4) is 5.75 Å². The molecule has 0 unspecified atom stereocenters. The average molecular weight is 697 g/mol. The molecule has 0 spiro atoms. The van der Waals surface area contributed by atoms with Gasteiger partial charge in [-0.3, -0.25) is 13.9 Å². The minimum absolute atomic E-state index is 0.0270. The van der Waals surface area contributed by atoms with Crippen LogP contribution < -0.4 is 14.4 Å². The lowest BCUT2D eigenvalue weighted by Gasteiger charge is -2.34. The standard InChI is InChI=1S/C36H39Cl2N3O5S/c1-5-46-30-16-14-29(15-17-30)41(47(44,45)31-18-11-26(4)12-19-31)24-35(42)40(23-28-13-20-32(37)33(38)21-28)34(36(43)39-25(2)3)22-27-9-7-6-8-10-27/h6-21,25,34H,5,22-24H2,1-4H3,(H,39,43)/t34-/m0/s1. The number of amides is 2. The van der Waals surface area contributed by atoms with E-state index in [1.807, 2.05) is 58.0 Å². The highest BCUT2D eigenvalue weighted by Crippen LogP contribution is 2.28. The Bertz CT molecular complexity index is 1770. The fraction of sp³-hybridized carbons (Fsp3) is 0.278. The predicted octanol–water partition coefficient (Wildman–Crippen LogP) is 7.06. The summed E-state index contributed by atoms with van der Waals surface area (Å²) in [7, 11) is -4.23. The molecule has 8 nitrogen and oxygen atoms in total. The molecule has 248 valence electrons. The Morgan fingerprint density at radius 2 is 1.51 bits per heavy atom. The highest BCUT2D eigenvalue weighted by atomic mass is 35.5. The molecule has 0 fully saturated rings. The first-order valence-corrected chi connectivity index (χ1v) is 17.5. The average Bonchev–Trinajstić information content (AvgIpc) is 3.04. The van der Waals surface area contributed by atoms with Gasteiger partial charge in [0.25, 0.3) is 10.0 Å². The molecule has 0 aromatic heterocycles. The molecule has 0 aliphatic rings. The quantitative estimate of drug-likeness (QED) is 0.152. The molecule has 0 aliphatic carbocycles. The van der Waals surface area contributed by atoms with Crippen LogP contribution in [0.15, 0.2) is 102 Å². The monoisotopic (exact) mass is 695 g/mol. The fourth-order valence-electron chi connectivity index (χ4n) is 5.01. The molecule has 4 aromatic rings. The summed E-state index contributed by atoms with van der Waals surface area (Å²) in [5.74, 6) is -0.392. The molecule has 11 heteroatoms. The second-order valence-electron chi connectivity index (χ2n) is 11.4. The first kappa shape index (κ1) is 35.8. The van der Waals surface area contributed by atoms with Crippen LogP contribution in [-0.2, 0) is 32.6 Å². The van der Waals surface area contributed by atoms with Crippen LogP contribution in [0.1, 0.15) is 37.5 Å². The Morgan fingerprint density at radius 3 is 2.11 bits per heavy atom. The normalized spacial score (nSPS) is 12.0. The van der Waals surface area contributed by atoms with Crippen LogP contribution >= 0.6 is 23.2 Å². The first-order chi connectivity index (χ1) is 22.4. The zero-order valence-electron chi connectivity index (χ0n) is 26.8. The smallest absolute Gasteiger partial charge is 0.264 e. The molecule has 2 amide bonds. The van der Waals surface area contributed by atoms with Gasteiger partial charge >= 0.3 is 0 Å². The summed E-state index contributed by atoms with van der Waals surface area (Å²) < 4.78 is 35.0. The van der Waals surface area contributed by atoms with Gasteiger partial charge in [0.15, 0.2) is 0 Å². The number of nitrogens with one attached hydrogen (secondary N) is 1. The maximum absolute atomic E-state index is 14.6. The van der Waals surface area contributed by atoms with E-state index in [0.29, 0.717) is 28.0 Å². The van der Waals surface area contributed by atoms with Gasteiger partial charge in [-0.15, -0.1) is 0 Å². The SMILES string of the molecule is CCOc1ccc(N(CC(=O)N(Cc2ccc(Cl)c(Cl)c2)[C@@H](Cc2ccccc2)C(=O)NC(C)C)S(=O)(=O)c2ccc(C)cc2)cc1. The van der Waals surface area contributed by atoms with E-state index in [2.05, 4.69) is 5.32 Å². The topological polar surface area (TPSA) is 96.0 Å². The Labute approximate surface area is 287 Å². The third-order valence-corrected chi connectivity index (χ3v) is 9.89. The van der Waals surface area contributed by atoms with Crippen LogP contribution in [0.2, 0.25) is 10.0 Å². The van der Waals surface area contributed by atoms with E-state index in [1.165, 1.54) is 17.0 Å². The molecular weight excluding hydrogens is 657 g/mol. The number of benzene rings is 4. The van der Waals surface area contributed by atoms with Crippen molar-refractivity contribution in [3.63, 3.8) is 0 Å². The van der Waals surface area contributed by atoms with Crippen LogP contribution in [0, 0.1) is 6.92 Å². The Hall–Kier alpha value is -4.05. The number of anilines is 1. The van der Waals surface area contributed by atoms with Crippen LogP contribution in [0.25, 0.3) is 0 Å². The number of halogens is 2. The lowest BCUT2D eigenvalue weighted by Crippen LogP contribution is -2.54. The molecule has 0 saturated heterocycles. The lowest BCUT2D eigenvalue weighted by molar-refractivity contribution is -0.140. The van der Waals surface area contributed by atoms with Crippen LogP contribution in [0.4, 0.5) is 5.69 Å². The maximum Gasteiger partial charge on any atom is 0.264 e. The third-order valence-electron chi connectivity index (χ3n) is 7.36. The number of ether oxygens (including phenoxy) is 1. The van der Waals surface area contributed by atoms with Crippen LogP contribution in [-0.4, -0.2) is 50.4 Å². The van der Waals surface area contributed by atoms with Gasteiger partial charge < -0.3 is 15.0 Å². The van der Waals surface area contributed by atoms with Gasteiger partial charge in [-0.25, -0.2) is 8.42 Å². The summed E-state index contributed by atoms with van der Waals surface area (Å²) in [6.45, 7) is 7.22. The van der Waals surface area contributed by atoms with Crippen molar-refractivity contribution in [2.24, 2.45) is 0 Å². The number of nitrogens with zero attached hydrogens (tertiary/aromatic N) is 2. The number of hydrogen-bond donors (Lipinski definition) is 1. The largest absolute Gasteiger partial charge is 0.494 e. The predicted molar refractivity (Wildman–Crippen MR) is 188 cm³/mol. The van der Waals surface area contributed by atoms with Crippen LogP contribution in [0.3, 0.4) is 0 Å². The zero-order chi connectivity index (χ0) is 34.1. The number of carbonyl (C=O) groups excluding carboxylic acids is 2. The minimum Gasteiger partial charge on any atom is -0.494 e. The summed E-state index contributed by atoms with van der Waals surface area (Å²) >= 11 is 12.5. The summed E-state index contributed by atoms with van der Waals surface area (Å²) in [4.78, 5) is 29.8. The van der Waals surface area contributed by atoms with Crippen LogP contribution in [0.5, 0.6) is 5.75 Å². The van der Waals surface area contributed by atoms with Crippen molar-refractivity contribution >= 4 is 50.7 Å². The van der Waals surface area contributed by atoms with Crippen molar-refractivity contribution in [3.05, 3.63) is 124 Å². The summed E-state index contributed by atoms with van der Waals surface area (Å²) in [6.07, 6.45) is 0.195. The van der Waals surface area contributed by atoms with E-state index in [0.717, 1.165) is 15.4 Å². The van der Waals surface area contributed by atoms with Crippen molar-refractivity contribution in [2.75, 3.05) is 17.5 Å². The van der Waals surface area contributed by atoms with Gasteiger partial charge in [-0.1, -0.05) is 77.3 Å². The molecule has 0 bridgehead atoms. The molecule has 47 heavy (non-hydrogen) atoms. The van der Waals surface area contributed by atoms with Crippen molar-refractivity contribution in [1.82, 2.24) is 10.2 Å². The number of hydrogen-bond acceptors (Lipinski definition) is 5. The Morgan fingerprint density at radius 1 is 0.851 bits per heavy atom. The maximum atomic E-state index is 14.6. The Kier molecular flexibility index (Phi) is 12.3. The van der Waals surface area contributed by atoms with Gasteiger partial charge in [0.1, 0.15) is 18.3 Å². The molecular formula is C36H39Cl2N3O5S. The molecule has 0 aliphatic heterocycles. The van der Waals surface area contributed by atoms with Gasteiger partial charge in [0, 0.05) is 19.0 Å². The van der Waals surface area contributed by atoms with E-state index >= 15 is 0 Å². The van der Waals surface area contributed by atoms with Crippen molar-refractivity contribution in [1.29, 1.82) is 0 Å². The van der Waals surface area contributed by atoms with E-state index < -0.39 is 28.5 Å². The van der Waals surface area contributed by atoms with E-state index in [9.17, 15) is 18.0 Å². The highest BCUT2D eigenvalue weighted by Gasteiger charge is 2.35. The second-order valence-corrected chi connectivity index (χ2v) is 14.1. The third kappa shape index (κ3) is 9.50. The number of rotatable bonds is 14. The van der Waals surface area contributed by atoms with Gasteiger partial charge in [-0.2, -0.15) is 0 Å². The molecule has 1 atom stereocenters. The number of sulfonamides is 1. The van der Waals surface area contributed by atoms with Crippen molar-refractivity contribution < 1.29 is 22.7 Å². The van der Waals surface area contributed by atoms with E-state index in [1.54, 1.807) is 54.6 Å². The Balaban J connectivity index is 1.82. The molecule has 0 saturated carbocycles. The lowest BCUT2D eigenvalue weighted by atomic mass is 10.0.